The van der Waals surface area contributed by atoms with Crippen LogP contribution in [0.1, 0.15) is 43.2 Å². The van der Waals surface area contributed by atoms with E-state index in [0.717, 1.165) is 49.3 Å². The van der Waals surface area contributed by atoms with Crippen LogP contribution in [0.25, 0.3) is 0 Å². The first-order chi connectivity index (χ1) is 17.4. The first kappa shape index (κ1) is 24.8. The van der Waals surface area contributed by atoms with Gasteiger partial charge in [-0.3, -0.25) is 15.2 Å². The molecule has 2 aromatic rings. The molecule has 2 aromatic carbocycles. The van der Waals surface area contributed by atoms with Crippen molar-refractivity contribution in [2.45, 2.75) is 44.6 Å². The number of nitrogens with zero attached hydrogens (tertiary/aromatic N) is 3. The zero-order valence-electron chi connectivity index (χ0n) is 20.2. The van der Waals surface area contributed by atoms with Crippen molar-refractivity contribution in [1.29, 1.82) is 0 Å². The zero-order valence-corrected chi connectivity index (χ0v) is 21.7. The maximum atomic E-state index is 12.7. The molecule has 36 heavy (non-hydrogen) atoms. The van der Waals surface area contributed by atoms with Crippen molar-refractivity contribution in [3.05, 3.63) is 87.4 Å². The molecule has 5 rings (SSSR count). The standard InChI is InChI=1S/C27H30Cl2N6O/c1-2-20-15-34-21(13-19-5-3-4-6-22(19)28)16-35(25(26(30)36)27(34)32-20)33-24-8-7-18(14-23(24)29)17-9-11-31-12-10-17/h3-8,14-17,25,31,33H,2,9-13H2,1H3,(H2,30,36)/q+1. The van der Waals surface area contributed by atoms with E-state index in [0.29, 0.717) is 33.9 Å². The third-order valence-corrected chi connectivity index (χ3v) is 7.60. The van der Waals surface area contributed by atoms with Crippen molar-refractivity contribution in [3.8, 4) is 0 Å². The number of hydrogen-bond donors (Lipinski definition) is 3. The summed E-state index contributed by atoms with van der Waals surface area (Å²) in [7, 11) is 0. The van der Waals surface area contributed by atoms with Crippen molar-refractivity contribution in [2.24, 2.45) is 10.7 Å². The number of aliphatic imine (C=N–C) groups is 1. The van der Waals surface area contributed by atoms with Crippen LogP contribution in [0.3, 0.4) is 0 Å². The number of carbonyl (C=O) groups is 1. The lowest BCUT2D eigenvalue weighted by Gasteiger charge is -2.32. The Morgan fingerprint density at radius 1 is 1.19 bits per heavy atom. The van der Waals surface area contributed by atoms with Gasteiger partial charge in [-0.1, -0.05) is 59.3 Å². The number of hydrazine groups is 1. The fraction of sp³-hybridized carbons (Fsp3) is 0.333. The predicted molar refractivity (Wildman–Crippen MR) is 146 cm³/mol. The van der Waals surface area contributed by atoms with Crippen molar-refractivity contribution < 1.29 is 4.79 Å². The molecule has 3 aliphatic heterocycles. The van der Waals surface area contributed by atoms with E-state index in [4.69, 9.17) is 33.9 Å². The van der Waals surface area contributed by atoms with Crippen LogP contribution >= 0.6 is 23.2 Å². The highest BCUT2D eigenvalue weighted by atomic mass is 35.5. The van der Waals surface area contributed by atoms with E-state index in [1.54, 1.807) is 5.01 Å². The molecule has 1 atom stereocenters. The Hall–Kier alpha value is -2.84. The van der Waals surface area contributed by atoms with Gasteiger partial charge in [0, 0.05) is 5.02 Å². The molecule has 0 aromatic heterocycles. The summed E-state index contributed by atoms with van der Waals surface area (Å²) in [5.74, 6) is 0.555. The van der Waals surface area contributed by atoms with Gasteiger partial charge in [0.2, 0.25) is 6.04 Å². The van der Waals surface area contributed by atoms with Crippen LogP contribution in [0.15, 0.2) is 71.3 Å². The Bertz CT molecular complexity index is 1250. The van der Waals surface area contributed by atoms with Crippen molar-refractivity contribution in [2.75, 3.05) is 18.5 Å². The molecule has 187 valence electrons. The number of carbonyl (C=O) groups excluding carboxylic acids is 1. The molecule has 1 amide bonds. The Morgan fingerprint density at radius 2 is 1.97 bits per heavy atom. The third-order valence-electron chi connectivity index (χ3n) is 6.92. The lowest BCUT2D eigenvalue weighted by Crippen LogP contribution is -2.58. The topological polar surface area (TPSA) is 88.6 Å². The van der Waals surface area contributed by atoms with Gasteiger partial charge < -0.3 is 11.1 Å². The number of benzene rings is 2. The average molecular weight is 525 g/mol. The van der Waals surface area contributed by atoms with Gasteiger partial charge >= 0.3 is 0 Å². The SMILES string of the molecule is CCC1=C[N+]2C(Cc3ccccc3Cl)=CN(Nc3ccc(C4CCNCC4)cc3Cl)C(C(N)=O)C2=N1. The van der Waals surface area contributed by atoms with Crippen molar-refractivity contribution in [1.82, 2.24) is 15.2 Å². The Kier molecular flexibility index (Phi) is 7.34. The second kappa shape index (κ2) is 10.6. The predicted octanol–water partition coefficient (Wildman–Crippen LogP) is 4.84. The fourth-order valence-electron chi connectivity index (χ4n) is 4.96. The van der Waals surface area contributed by atoms with Gasteiger partial charge in [0.25, 0.3) is 11.7 Å². The van der Waals surface area contributed by atoms with Gasteiger partial charge in [0.15, 0.2) is 11.9 Å². The summed E-state index contributed by atoms with van der Waals surface area (Å²) >= 11 is 13.2. The van der Waals surface area contributed by atoms with Gasteiger partial charge in [0.1, 0.15) is 5.70 Å². The highest BCUT2D eigenvalue weighted by Crippen LogP contribution is 2.34. The van der Waals surface area contributed by atoms with Crippen LogP contribution in [0.2, 0.25) is 10.0 Å². The van der Waals surface area contributed by atoms with Crippen LogP contribution in [0, 0.1) is 0 Å². The summed E-state index contributed by atoms with van der Waals surface area (Å²) in [6, 6.07) is 13.0. The van der Waals surface area contributed by atoms with Crippen LogP contribution < -0.4 is 21.4 Å². The molecule has 0 aliphatic carbocycles. The number of amidine groups is 1. The highest BCUT2D eigenvalue weighted by Gasteiger charge is 2.48. The molecule has 9 heteroatoms. The lowest BCUT2D eigenvalue weighted by molar-refractivity contribution is -0.120. The van der Waals surface area contributed by atoms with E-state index < -0.39 is 11.9 Å². The maximum Gasteiger partial charge on any atom is 0.297 e. The van der Waals surface area contributed by atoms with E-state index in [9.17, 15) is 4.79 Å². The van der Waals surface area contributed by atoms with Crippen molar-refractivity contribution in [3.63, 3.8) is 0 Å². The molecule has 3 heterocycles. The largest absolute Gasteiger partial charge is 0.367 e. The van der Waals surface area contributed by atoms with Crippen LogP contribution in [0.5, 0.6) is 0 Å². The number of rotatable bonds is 7. The summed E-state index contributed by atoms with van der Waals surface area (Å²) < 4.78 is 0. The molecule has 1 fully saturated rings. The molecule has 0 saturated carbocycles. The summed E-state index contributed by atoms with van der Waals surface area (Å²) in [5, 5.41) is 6.39. The van der Waals surface area contributed by atoms with E-state index in [1.165, 1.54) is 5.56 Å². The molecule has 7 nitrogen and oxygen atoms in total. The van der Waals surface area contributed by atoms with E-state index >= 15 is 0 Å². The molecule has 1 saturated heterocycles. The minimum Gasteiger partial charge on any atom is -0.367 e. The molecule has 0 bridgehead atoms. The number of nitrogens with two attached hydrogens (primary N) is 1. The maximum absolute atomic E-state index is 12.7. The Balaban J connectivity index is 1.48. The molecule has 4 N–H and O–H groups in total. The van der Waals surface area contributed by atoms with E-state index in [-0.39, 0.29) is 0 Å². The number of piperidine rings is 1. The van der Waals surface area contributed by atoms with E-state index in [1.807, 2.05) is 60.6 Å². The summed E-state index contributed by atoms with van der Waals surface area (Å²) in [6.45, 7) is 4.06. The number of hydrogen-bond acceptors (Lipinski definition) is 6. The van der Waals surface area contributed by atoms with Gasteiger partial charge in [-0.25, -0.2) is 0 Å². The van der Waals surface area contributed by atoms with Crippen LogP contribution in [-0.2, 0) is 11.2 Å². The number of primary amides is 1. The molecular weight excluding hydrogens is 495 g/mol. The normalized spacial score (nSPS) is 20.5. The quantitative estimate of drug-likeness (QED) is 0.452. The first-order valence-electron chi connectivity index (χ1n) is 12.3. The zero-order chi connectivity index (χ0) is 25.2. The second-order valence-corrected chi connectivity index (χ2v) is 10.1. The molecule has 3 aliphatic rings. The first-order valence-corrected chi connectivity index (χ1v) is 13.1. The minimum atomic E-state index is -0.805. The molecule has 0 spiro atoms. The van der Waals surface area contributed by atoms with Crippen LogP contribution in [0.4, 0.5) is 5.69 Å². The summed E-state index contributed by atoms with van der Waals surface area (Å²) in [6.07, 6.45) is 7.33. The van der Waals surface area contributed by atoms with Crippen LogP contribution in [-0.4, -0.2) is 35.9 Å². The highest BCUT2D eigenvalue weighted by molar-refractivity contribution is 6.33. The molecule has 1 radical (unpaired) electrons. The van der Waals surface area contributed by atoms with Gasteiger partial charge in [0.05, 0.1) is 23.3 Å². The number of fused-ring (bicyclic) bond motifs is 1. The summed E-state index contributed by atoms with van der Waals surface area (Å²) in [5.41, 5.74) is 13.9. The number of allylic oxidation sites excluding steroid dienone is 2. The monoisotopic (exact) mass is 524 g/mol. The smallest absolute Gasteiger partial charge is 0.297 e. The number of nitrogens with one attached hydrogen (secondary N) is 2. The third kappa shape index (κ3) is 5.02. The van der Waals surface area contributed by atoms with Crippen molar-refractivity contribution >= 4 is 40.6 Å². The second-order valence-electron chi connectivity index (χ2n) is 9.29. The number of anilines is 1. The lowest BCUT2D eigenvalue weighted by atomic mass is 9.90. The average Bonchev–Trinajstić information content (AvgIpc) is 3.31. The Labute approximate surface area is 221 Å². The van der Waals surface area contributed by atoms with Gasteiger partial charge in [-0.15, -0.1) is 0 Å². The molecular formula is C27H30Cl2N6O+. The summed E-state index contributed by atoms with van der Waals surface area (Å²) in [4.78, 5) is 19.4. The van der Waals surface area contributed by atoms with Gasteiger partial charge in [-0.2, -0.15) is 4.99 Å². The molecule has 1 unspecified atom stereocenters. The van der Waals surface area contributed by atoms with E-state index in [2.05, 4.69) is 16.8 Å². The number of halogens is 2. The fourth-order valence-corrected chi connectivity index (χ4v) is 5.39. The Morgan fingerprint density at radius 3 is 2.67 bits per heavy atom. The minimum absolute atomic E-state index is 0.494. The number of amides is 1. The van der Waals surface area contributed by atoms with Gasteiger partial charge in [-0.05, 0) is 67.6 Å².